The van der Waals surface area contributed by atoms with Crippen molar-refractivity contribution >= 4 is 17.0 Å². The van der Waals surface area contributed by atoms with Crippen LogP contribution in [0.25, 0.3) is 0 Å². The maximum Gasteiger partial charge on any atom is 0.0474 e. The minimum Gasteiger partial charge on any atom is -0.371 e. The van der Waals surface area contributed by atoms with Gasteiger partial charge in [0.15, 0.2) is 0 Å². The molecule has 0 saturated carbocycles. The van der Waals surface area contributed by atoms with Gasteiger partial charge >= 0.3 is 0 Å². The van der Waals surface area contributed by atoms with E-state index in [-0.39, 0.29) is 0 Å². The normalized spacial score (nSPS) is 18.7. The topological polar surface area (TPSA) is 3.24 Å². The molecule has 2 heteroatoms. The summed E-state index contributed by atoms with van der Waals surface area (Å²) in [7, 11) is 0. The van der Waals surface area contributed by atoms with Gasteiger partial charge in [0.1, 0.15) is 0 Å². The average molecular weight is 167 g/mol. The van der Waals surface area contributed by atoms with Gasteiger partial charge in [0.05, 0.1) is 0 Å². The van der Waals surface area contributed by atoms with Crippen LogP contribution in [0.1, 0.15) is 19.3 Å². The molecule has 1 aromatic heterocycles. The Hall–Kier alpha value is -0.500. The first-order valence-corrected chi connectivity index (χ1v) is 5.18. The highest BCUT2D eigenvalue weighted by atomic mass is 32.1. The molecule has 11 heavy (non-hydrogen) atoms. The molecule has 0 atom stereocenters. The molecule has 0 unspecified atom stereocenters. The molecule has 2 heterocycles. The molecule has 1 aliphatic heterocycles. The van der Waals surface area contributed by atoms with Crippen LogP contribution in [-0.2, 0) is 0 Å². The molecule has 1 fully saturated rings. The van der Waals surface area contributed by atoms with Crippen molar-refractivity contribution < 1.29 is 0 Å². The van der Waals surface area contributed by atoms with Gasteiger partial charge in [-0.05, 0) is 30.7 Å². The van der Waals surface area contributed by atoms with Crippen molar-refractivity contribution in [3.63, 3.8) is 0 Å². The second-order valence-corrected chi connectivity index (χ2v) is 3.81. The summed E-state index contributed by atoms with van der Waals surface area (Å²) < 4.78 is 0. The van der Waals surface area contributed by atoms with Crippen LogP contribution in [0, 0.1) is 0 Å². The summed E-state index contributed by atoms with van der Waals surface area (Å²) in [4.78, 5) is 2.49. The third kappa shape index (κ3) is 1.56. The monoisotopic (exact) mass is 167 g/mol. The summed E-state index contributed by atoms with van der Waals surface area (Å²) in [5.74, 6) is 0. The lowest BCUT2D eigenvalue weighted by atomic mass is 10.1. The summed E-state index contributed by atoms with van der Waals surface area (Å²) in [6.07, 6.45) is 4.16. The lowest BCUT2D eigenvalue weighted by molar-refractivity contribution is 0.578. The van der Waals surface area contributed by atoms with E-state index < -0.39 is 0 Å². The molecule has 1 nitrogen and oxygen atoms in total. The number of rotatable bonds is 1. The van der Waals surface area contributed by atoms with Crippen molar-refractivity contribution in [2.75, 3.05) is 18.0 Å². The van der Waals surface area contributed by atoms with Gasteiger partial charge in [-0.2, -0.15) is 11.3 Å². The quantitative estimate of drug-likeness (QED) is 0.621. The number of nitrogens with zero attached hydrogens (tertiary/aromatic N) is 1. The zero-order valence-corrected chi connectivity index (χ0v) is 7.44. The standard InChI is InChI=1S/C9H13NS/c1-2-5-10(6-3-1)9-4-7-11-8-9/h4,7-8H,1-3,5-6H2. The molecular weight excluding hydrogens is 154 g/mol. The van der Waals surface area contributed by atoms with Crippen LogP contribution in [0.2, 0.25) is 0 Å². The molecule has 0 amide bonds. The number of thiophene rings is 1. The summed E-state index contributed by atoms with van der Waals surface area (Å²) in [6, 6.07) is 2.22. The highest BCUT2D eigenvalue weighted by Crippen LogP contribution is 2.21. The van der Waals surface area contributed by atoms with E-state index in [1.54, 1.807) is 11.3 Å². The summed E-state index contributed by atoms with van der Waals surface area (Å²) in [5.41, 5.74) is 1.43. The fourth-order valence-corrected chi connectivity index (χ4v) is 2.25. The fraction of sp³-hybridized carbons (Fsp3) is 0.556. The third-order valence-corrected chi connectivity index (χ3v) is 2.90. The number of hydrogen-bond donors (Lipinski definition) is 0. The number of piperidine rings is 1. The molecule has 60 valence electrons. The van der Waals surface area contributed by atoms with Gasteiger partial charge in [-0.3, -0.25) is 0 Å². The Labute approximate surface area is 71.7 Å². The predicted octanol–water partition coefficient (Wildman–Crippen LogP) is 2.74. The SMILES string of the molecule is c1cc(N2CCCCC2)cs1. The Morgan fingerprint density at radius 2 is 2.00 bits per heavy atom. The van der Waals surface area contributed by atoms with Crippen LogP contribution in [0.4, 0.5) is 5.69 Å². The van der Waals surface area contributed by atoms with Crippen LogP contribution in [0.3, 0.4) is 0 Å². The third-order valence-electron chi connectivity index (χ3n) is 2.23. The lowest BCUT2D eigenvalue weighted by Crippen LogP contribution is -2.28. The van der Waals surface area contributed by atoms with Crippen molar-refractivity contribution in [3.05, 3.63) is 16.8 Å². The van der Waals surface area contributed by atoms with E-state index >= 15 is 0 Å². The molecule has 1 aliphatic rings. The van der Waals surface area contributed by atoms with E-state index in [1.165, 1.54) is 38.0 Å². The first-order chi connectivity index (χ1) is 5.47. The van der Waals surface area contributed by atoms with E-state index in [4.69, 9.17) is 0 Å². The van der Waals surface area contributed by atoms with Gasteiger partial charge in [0, 0.05) is 24.2 Å². The Morgan fingerprint density at radius 1 is 1.18 bits per heavy atom. The second-order valence-electron chi connectivity index (χ2n) is 3.03. The zero-order valence-electron chi connectivity index (χ0n) is 6.62. The van der Waals surface area contributed by atoms with Gasteiger partial charge in [-0.1, -0.05) is 0 Å². The molecule has 1 saturated heterocycles. The molecule has 0 radical (unpaired) electrons. The molecule has 0 aliphatic carbocycles. The number of anilines is 1. The summed E-state index contributed by atoms with van der Waals surface area (Å²) >= 11 is 1.79. The minimum atomic E-state index is 1.26. The van der Waals surface area contributed by atoms with E-state index in [9.17, 15) is 0 Å². The fourth-order valence-electron chi connectivity index (χ4n) is 1.59. The molecule has 0 spiro atoms. The van der Waals surface area contributed by atoms with Crippen molar-refractivity contribution in [1.82, 2.24) is 0 Å². The highest BCUT2D eigenvalue weighted by Gasteiger charge is 2.09. The van der Waals surface area contributed by atoms with Gasteiger partial charge in [-0.15, -0.1) is 0 Å². The average Bonchev–Trinajstić information content (AvgIpc) is 2.58. The Kier molecular flexibility index (Phi) is 2.13. The molecule has 0 N–H and O–H groups in total. The van der Waals surface area contributed by atoms with Crippen LogP contribution in [-0.4, -0.2) is 13.1 Å². The Morgan fingerprint density at radius 3 is 2.64 bits per heavy atom. The molecule has 0 aromatic carbocycles. The maximum atomic E-state index is 2.49. The first kappa shape index (κ1) is 7.17. The Balaban J connectivity index is 2.04. The molecule has 1 aromatic rings. The predicted molar refractivity (Wildman–Crippen MR) is 50.4 cm³/mol. The van der Waals surface area contributed by atoms with Crippen LogP contribution < -0.4 is 4.90 Å². The Bertz CT molecular complexity index is 199. The maximum absolute atomic E-state index is 2.49. The van der Waals surface area contributed by atoms with Crippen molar-refractivity contribution in [3.8, 4) is 0 Å². The second kappa shape index (κ2) is 3.26. The highest BCUT2D eigenvalue weighted by molar-refractivity contribution is 7.08. The molecule has 0 bridgehead atoms. The van der Waals surface area contributed by atoms with Gasteiger partial charge in [0.2, 0.25) is 0 Å². The van der Waals surface area contributed by atoms with Crippen LogP contribution in [0.5, 0.6) is 0 Å². The zero-order chi connectivity index (χ0) is 7.52. The van der Waals surface area contributed by atoms with E-state index in [2.05, 4.69) is 21.7 Å². The van der Waals surface area contributed by atoms with Crippen LogP contribution in [0.15, 0.2) is 16.8 Å². The van der Waals surface area contributed by atoms with E-state index in [0.29, 0.717) is 0 Å². The smallest absolute Gasteiger partial charge is 0.0474 e. The van der Waals surface area contributed by atoms with E-state index in [0.717, 1.165) is 0 Å². The van der Waals surface area contributed by atoms with Crippen molar-refractivity contribution in [2.24, 2.45) is 0 Å². The lowest BCUT2D eigenvalue weighted by Gasteiger charge is -2.27. The molecular formula is C9H13NS. The largest absolute Gasteiger partial charge is 0.371 e. The van der Waals surface area contributed by atoms with Crippen molar-refractivity contribution in [1.29, 1.82) is 0 Å². The van der Waals surface area contributed by atoms with Gasteiger partial charge < -0.3 is 4.90 Å². The van der Waals surface area contributed by atoms with Gasteiger partial charge in [0.25, 0.3) is 0 Å². The molecule has 2 rings (SSSR count). The summed E-state index contributed by atoms with van der Waals surface area (Å²) in [6.45, 7) is 2.52. The van der Waals surface area contributed by atoms with Crippen LogP contribution >= 0.6 is 11.3 Å². The van der Waals surface area contributed by atoms with E-state index in [1.807, 2.05) is 0 Å². The minimum absolute atomic E-state index is 1.26. The summed E-state index contributed by atoms with van der Waals surface area (Å²) in [5, 5.41) is 4.40. The first-order valence-electron chi connectivity index (χ1n) is 4.24. The number of hydrogen-bond acceptors (Lipinski definition) is 2. The van der Waals surface area contributed by atoms with Gasteiger partial charge in [-0.25, -0.2) is 0 Å². The van der Waals surface area contributed by atoms with Crippen molar-refractivity contribution in [2.45, 2.75) is 19.3 Å².